The van der Waals surface area contributed by atoms with E-state index in [4.69, 9.17) is 13.8 Å². The van der Waals surface area contributed by atoms with Gasteiger partial charge >= 0.3 is 0 Å². The SMILES string of the molecule is CN(C)c1oc(C=Nc2sc3c(c2C(=O)NCc2ccco2)CC[C@@H](C(C)(C)C)C3)cc1Br. The lowest BCUT2D eigenvalue weighted by molar-refractivity contribution is 0.0947. The molecule has 1 aliphatic carbocycles. The normalized spacial score (nSPS) is 16.2. The van der Waals surface area contributed by atoms with E-state index in [0.29, 0.717) is 23.8 Å². The third-order valence-electron chi connectivity index (χ3n) is 6.10. The van der Waals surface area contributed by atoms with Gasteiger partial charge in [0.1, 0.15) is 16.5 Å². The van der Waals surface area contributed by atoms with Crippen molar-refractivity contribution < 1.29 is 13.6 Å². The highest BCUT2D eigenvalue weighted by atomic mass is 79.9. The first-order valence-corrected chi connectivity index (χ1v) is 12.7. The Morgan fingerprint density at radius 1 is 1.39 bits per heavy atom. The number of halogens is 1. The first-order valence-electron chi connectivity index (χ1n) is 11.1. The lowest BCUT2D eigenvalue weighted by atomic mass is 9.72. The Kier molecular flexibility index (Phi) is 6.86. The number of thiophene rings is 1. The maximum absolute atomic E-state index is 13.3. The number of furan rings is 2. The standard InChI is InChI=1S/C25H30BrN3O3S/c1-25(2,3)15-8-9-18-20(11-15)33-23(21(18)22(30)27-13-16-7-6-10-31-16)28-14-17-12-19(26)24(32-17)29(4)5/h6-7,10,12,14-15H,8-9,11,13H2,1-5H3,(H,27,30)/t15-/m1/s1. The van der Waals surface area contributed by atoms with E-state index >= 15 is 0 Å². The molecule has 1 N–H and O–H groups in total. The molecular formula is C25H30BrN3O3S. The van der Waals surface area contributed by atoms with Crippen LogP contribution < -0.4 is 10.2 Å². The van der Waals surface area contributed by atoms with Crippen molar-refractivity contribution in [1.82, 2.24) is 5.32 Å². The van der Waals surface area contributed by atoms with Gasteiger partial charge in [-0.05, 0) is 64.2 Å². The molecule has 3 heterocycles. The molecule has 8 heteroatoms. The highest BCUT2D eigenvalue weighted by Gasteiger charge is 2.33. The maximum Gasteiger partial charge on any atom is 0.255 e. The fourth-order valence-electron chi connectivity index (χ4n) is 4.17. The first kappa shape index (κ1) is 23.8. The number of rotatable bonds is 6. The molecule has 0 aromatic carbocycles. The van der Waals surface area contributed by atoms with Gasteiger partial charge in [-0.15, -0.1) is 11.3 Å². The summed E-state index contributed by atoms with van der Waals surface area (Å²) in [5.41, 5.74) is 2.05. The Labute approximate surface area is 207 Å². The number of amides is 1. The Morgan fingerprint density at radius 3 is 2.82 bits per heavy atom. The van der Waals surface area contributed by atoms with Crippen LogP contribution in [0.4, 0.5) is 10.9 Å². The predicted molar refractivity (Wildman–Crippen MR) is 137 cm³/mol. The van der Waals surface area contributed by atoms with Gasteiger partial charge in [0, 0.05) is 25.0 Å². The second-order valence-corrected chi connectivity index (χ2v) is 11.6. The van der Waals surface area contributed by atoms with Crippen molar-refractivity contribution in [2.45, 2.75) is 46.6 Å². The third-order valence-corrected chi connectivity index (χ3v) is 7.84. The minimum absolute atomic E-state index is 0.111. The lowest BCUT2D eigenvalue weighted by Gasteiger charge is -2.33. The molecule has 0 fully saturated rings. The monoisotopic (exact) mass is 531 g/mol. The van der Waals surface area contributed by atoms with Crippen molar-refractivity contribution in [3.8, 4) is 0 Å². The zero-order chi connectivity index (χ0) is 23.8. The number of nitrogens with one attached hydrogen (secondary N) is 1. The summed E-state index contributed by atoms with van der Waals surface area (Å²) in [6.45, 7) is 7.23. The Bertz CT molecular complexity index is 1150. The Morgan fingerprint density at radius 2 is 2.18 bits per heavy atom. The number of hydrogen-bond donors (Lipinski definition) is 1. The Hall–Kier alpha value is -2.32. The van der Waals surface area contributed by atoms with Crippen molar-refractivity contribution in [3.05, 3.63) is 56.5 Å². The summed E-state index contributed by atoms with van der Waals surface area (Å²) < 4.78 is 12.1. The minimum Gasteiger partial charge on any atom is -0.467 e. The van der Waals surface area contributed by atoms with E-state index in [9.17, 15) is 4.79 Å². The van der Waals surface area contributed by atoms with Crippen molar-refractivity contribution >= 4 is 50.3 Å². The van der Waals surface area contributed by atoms with E-state index in [1.807, 2.05) is 37.2 Å². The van der Waals surface area contributed by atoms with Crippen LogP contribution >= 0.6 is 27.3 Å². The highest BCUT2D eigenvalue weighted by molar-refractivity contribution is 9.10. The van der Waals surface area contributed by atoms with Gasteiger partial charge in [0.25, 0.3) is 5.91 Å². The summed E-state index contributed by atoms with van der Waals surface area (Å²) in [6.07, 6.45) is 6.25. The van der Waals surface area contributed by atoms with Crippen LogP contribution in [-0.4, -0.2) is 26.2 Å². The molecule has 3 aromatic heterocycles. The zero-order valence-corrected chi connectivity index (χ0v) is 22.1. The number of carbonyl (C=O) groups is 1. The van der Waals surface area contributed by atoms with E-state index in [1.165, 1.54) is 4.88 Å². The number of hydrogen-bond acceptors (Lipinski definition) is 6. The summed E-state index contributed by atoms with van der Waals surface area (Å²) in [4.78, 5) is 21.2. The third kappa shape index (κ3) is 5.27. The largest absolute Gasteiger partial charge is 0.467 e. The molecule has 0 unspecified atom stereocenters. The fourth-order valence-corrected chi connectivity index (χ4v) is 6.10. The summed E-state index contributed by atoms with van der Waals surface area (Å²) in [6, 6.07) is 5.56. The molecule has 3 aromatic rings. The fraction of sp³-hybridized carbons (Fsp3) is 0.440. The number of aliphatic imine (C=N–C) groups is 1. The van der Waals surface area contributed by atoms with Gasteiger partial charge in [-0.25, -0.2) is 4.99 Å². The van der Waals surface area contributed by atoms with E-state index in [1.54, 1.807) is 23.8 Å². The van der Waals surface area contributed by atoms with E-state index < -0.39 is 0 Å². The molecule has 4 rings (SSSR count). The molecule has 0 bridgehead atoms. The van der Waals surface area contributed by atoms with Gasteiger partial charge < -0.3 is 19.1 Å². The van der Waals surface area contributed by atoms with Crippen LogP contribution in [0.3, 0.4) is 0 Å². The first-order chi connectivity index (χ1) is 15.6. The lowest BCUT2D eigenvalue weighted by Crippen LogP contribution is -2.28. The van der Waals surface area contributed by atoms with Crippen LogP contribution in [0, 0.1) is 11.3 Å². The van der Waals surface area contributed by atoms with Gasteiger partial charge in [-0.3, -0.25) is 4.79 Å². The summed E-state index contributed by atoms with van der Waals surface area (Å²) in [5.74, 6) is 2.56. The van der Waals surface area contributed by atoms with Crippen molar-refractivity contribution in [3.63, 3.8) is 0 Å². The minimum atomic E-state index is -0.111. The van der Waals surface area contributed by atoms with Crippen LogP contribution in [0.5, 0.6) is 0 Å². The molecule has 0 aliphatic heterocycles. The Balaban J connectivity index is 1.65. The van der Waals surface area contributed by atoms with Gasteiger partial charge in [0.2, 0.25) is 5.88 Å². The second-order valence-electron chi connectivity index (χ2n) is 9.71. The van der Waals surface area contributed by atoms with Gasteiger partial charge in [0.05, 0.1) is 29.1 Å². The summed E-state index contributed by atoms with van der Waals surface area (Å²) in [5, 5.41) is 3.74. The molecule has 1 atom stereocenters. The molecule has 33 heavy (non-hydrogen) atoms. The molecule has 176 valence electrons. The molecule has 0 saturated heterocycles. The average Bonchev–Trinajstić information content (AvgIpc) is 3.47. The second kappa shape index (κ2) is 9.50. The van der Waals surface area contributed by atoms with Crippen molar-refractivity contribution in [2.75, 3.05) is 19.0 Å². The van der Waals surface area contributed by atoms with Gasteiger partial charge in [0.15, 0.2) is 0 Å². The molecular weight excluding hydrogens is 502 g/mol. The quantitative estimate of drug-likeness (QED) is 0.364. The van der Waals surface area contributed by atoms with Crippen LogP contribution in [-0.2, 0) is 19.4 Å². The van der Waals surface area contributed by atoms with E-state index in [-0.39, 0.29) is 11.3 Å². The molecule has 1 aliphatic rings. The summed E-state index contributed by atoms with van der Waals surface area (Å²) >= 11 is 5.15. The number of nitrogens with zero attached hydrogens (tertiary/aromatic N) is 2. The molecule has 0 spiro atoms. The van der Waals surface area contributed by atoms with Crippen LogP contribution in [0.15, 0.2) is 42.8 Å². The predicted octanol–water partition coefficient (Wildman–Crippen LogP) is 6.59. The van der Waals surface area contributed by atoms with Gasteiger partial charge in [-0.2, -0.15) is 0 Å². The van der Waals surface area contributed by atoms with Crippen LogP contribution in [0.1, 0.15) is 59.5 Å². The van der Waals surface area contributed by atoms with Gasteiger partial charge in [-0.1, -0.05) is 20.8 Å². The molecule has 1 amide bonds. The molecule has 0 radical (unpaired) electrons. The zero-order valence-electron chi connectivity index (χ0n) is 19.7. The number of fused-ring (bicyclic) bond motifs is 1. The smallest absolute Gasteiger partial charge is 0.255 e. The van der Waals surface area contributed by atoms with Crippen LogP contribution in [0.25, 0.3) is 0 Å². The number of carbonyl (C=O) groups excluding carboxylic acids is 1. The average molecular weight is 533 g/mol. The van der Waals surface area contributed by atoms with Crippen LogP contribution in [0.2, 0.25) is 0 Å². The molecule has 0 saturated carbocycles. The van der Waals surface area contributed by atoms with Crippen molar-refractivity contribution in [2.24, 2.45) is 16.3 Å². The number of anilines is 1. The molecule has 6 nitrogen and oxygen atoms in total. The highest BCUT2D eigenvalue weighted by Crippen LogP contribution is 2.45. The topological polar surface area (TPSA) is 71.0 Å². The van der Waals surface area contributed by atoms with Crippen molar-refractivity contribution in [1.29, 1.82) is 0 Å². The van der Waals surface area contributed by atoms with E-state index in [2.05, 4.69) is 42.0 Å². The maximum atomic E-state index is 13.3. The summed E-state index contributed by atoms with van der Waals surface area (Å²) in [7, 11) is 3.84. The van der Waals surface area contributed by atoms with E-state index in [0.717, 1.165) is 45.9 Å².